The second kappa shape index (κ2) is 4.09. The van der Waals surface area contributed by atoms with Crippen LogP contribution in [0.15, 0.2) is 0 Å². The van der Waals surface area contributed by atoms with E-state index in [0.717, 1.165) is 19.3 Å². The summed E-state index contributed by atoms with van der Waals surface area (Å²) in [6.07, 6.45) is -0.567. The Morgan fingerprint density at radius 3 is 2.14 bits per heavy atom. The van der Waals surface area contributed by atoms with Crippen molar-refractivity contribution in [3.63, 3.8) is 0 Å². The molecule has 1 rings (SSSR count). The molecule has 0 N–H and O–H groups in total. The molecule has 0 unspecified atom stereocenters. The zero-order chi connectivity index (χ0) is 10.8. The summed E-state index contributed by atoms with van der Waals surface area (Å²) in [5.41, 5.74) is -1.47. The number of hydrogen-bond donors (Lipinski definition) is 0. The first-order valence-corrected chi connectivity index (χ1v) is 5.22. The number of rotatable bonds is 5. The molecule has 14 heavy (non-hydrogen) atoms. The van der Waals surface area contributed by atoms with Crippen LogP contribution in [-0.4, -0.2) is 30.2 Å². The topological polar surface area (TPSA) is 3.24 Å². The van der Waals surface area contributed by atoms with Gasteiger partial charge >= 0.3 is 6.18 Å². The molecule has 1 aliphatic rings. The second-order valence-electron chi connectivity index (χ2n) is 4.16. The van der Waals surface area contributed by atoms with Crippen LogP contribution in [-0.2, 0) is 0 Å². The van der Waals surface area contributed by atoms with Gasteiger partial charge in [-0.15, -0.1) is 0 Å². The zero-order valence-electron chi connectivity index (χ0n) is 8.82. The van der Waals surface area contributed by atoms with E-state index in [1.165, 1.54) is 4.90 Å². The maximum absolute atomic E-state index is 12.6. The van der Waals surface area contributed by atoms with Crippen LogP contribution in [0.5, 0.6) is 0 Å². The molecule has 0 aromatic heterocycles. The van der Waals surface area contributed by atoms with E-state index in [2.05, 4.69) is 6.92 Å². The van der Waals surface area contributed by atoms with Gasteiger partial charge in [0, 0.05) is 0 Å². The molecule has 0 spiro atoms. The van der Waals surface area contributed by atoms with Crippen LogP contribution < -0.4 is 0 Å². The van der Waals surface area contributed by atoms with Gasteiger partial charge in [0.15, 0.2) is 0 Å². The van der Waals surface area contributed by atoms with Crippen molar-refractivity contribution < 1.29 is 13.2 Å². The quantitative estimate of drug-likeness (QED) is 0.628. The fourth-order valence-electron chi connectivity index (χ4n) is 1.81. The molecule has 0 saturated heterocycles. The predicted octanol–water partition coefficient (Wildman–Crippen LogP) is 3.20. The molecule has 0 amide bonds. The fourth-order valence-corrected chi connectivity index (χ4v) is 1.81. The first-order valence-electron chi connectivity index (χ1n) is 5.22. The van der Waals surface area contributed by atoms with Gasteiger partial charge in [0.05, 0.1) is 0 Å². The Kier molecular flexibility index (Phi) is 3.45. The van der Waals surface area contributed by atoms with Gasteiger partial charge in [0.25, 0.3) is 0 Å². The van der Waals surface area contributed by atoms with Crippen LogP contribution in [0.4, 0.5) is 13.2 Å². The van der Waals surface area contributed by atoms with Crippen LogP contribution in [0.25, 0.3) is 0 Å². The van der Waals surface area contributed by atoms with Crippen LogP contribution in [0.1, 0.15) is 39.0 Å². The van der Waals surface area contributed by atoms with Crippen molar-refractivity contribution in [2.24, 2.45) is 0 Å². The molecular weight excluding hydrogens is 191 g/mol. The average molecular weight is 209 g/mol. The Labute approximate surface area is 83.3 Å². The molecule has 1 saturated carbocycles. The van der Waals surface area contributed by atoms with Crippen molar-refractivity contribution in [1.29, 1.82) is 0 Å². The Balaban J connectivity index is 2.40. The van der Waals surface area contributed by atoms with Gasteiger partial charge in [-0.25, -0.2) is 0 Å². The summed E-state index contributed by atoms with van der Waals surface area (Å²) < 4.78 is 37.8. The molecule has 0 aliphatic heterocycles. The summed E-state index contributed by atoms with van der Waals surface area (Å²) in [5.74, 6) is 0. The Morgan fingerprint density at radius 2 is 1.79 bits per heavy atom. The van der Waals surface area contributed by atoms with Crippen LogP contribution in [0.3, 0.4) is 0 Å². The maximum atomic E-state index is 12.6. The van der Waals surface area contributed by atoms with E-state index in [9.17, 15) is 13.2 Å². The molecule has 4 heteroatoms. The van der Waals surface area contributed by atoms with Gasteiger partial charge in [0.1, 0.15) is 5.54 Å². The molecule has 0 aromatic rings. The minimum absolute atomic E-state index is 0.277. The van der Waals surface area contributed by atoms with E-state index in [-0.39, 0.29) is 12.8 Å². The van der Waals surface area contributed by atoms with Gasteiger partial charge in [-0.2, -0.15) is 13.2 Å². The molecule has 1 nitrogen and oxygen atoms in total. The highest BCUT2D eigenvalue weighted by Crippen LogP contribution is 2.52. The van der Waals surface area contributed by atoms with Gasteiger partial charge in [-0.1, -0.05) is 19.8 Å². The first-order chi connectivity index (χ1) is 6.44. The van der Waals surface area contributed by atoms with E-state index in [1.807, 2.05) is 0 Å². The minimum atomic E-state index is -4.05. The van der Waals surface area contributed by atoms with E-state index >= 15 is 0 Å². The van der Waals surface area contributed by atoms with Gasteiger partial charge in [-0.3, -0.25) is 4.90 Å². The Bertz CT molecular complexity index is 184. The van der Waals surface area contributed by atoms with Gasteiger partial charge in [-0.05, 0) is 32.9 Å². The highest BCUT2D eigenvalue weighted by molar-refractivity contribution is 5.08. The largest absolute Gasteiger partial charge is 0.406 e. The summed E-state index contributed by atoms with van der Waals surface area (Å²) >= 11 is 0. The smallest absolute Gasteiger partial charge is 0.293 e. The summed E-state index contributed by atoms with van der Waals surface area (Å²) in [4.78, 5) is 1.49. The van der Waals surface area contributed by atoms with Crippen LogP contribution >= 0.6 is 0 Å². The van der Waals surface area contributed by atoms with Gasteiger partial charge in [0.2, 0.25) is 0 Å². The van der Waals surface area contributed by atoms with E-state index < -0.39 is 11.7 Å². The molecule has 84 valence electrons. The molecule has 0 radical (unpaired) electrons. The summed E-state index contributed by atoms with van der Waals surface area (Å²) in [6, 6.07) is 0. The molecule has 0 heterocycles. The monoisotopic (exact) mass is 209 g/mol. The van der Waals surface area contributed by atoms with Gasteiger partial charge < -0.3 is 0 Å². The normalized spacial score (nSPS) is 20.1. The van der Waals surface area contributed by atoms with Crippen molar-refractivity contribution in [2.75, 3.05) is 13.6 Å². The summed E-state index contributed by atoms with van der Waals surface area (Å²) in [6.45, 7) is 2.62. The highest BCUT2D eigenvalue weighted by Gasteiger charge is 2.65. The Hall–Kier alpha value is -0.250. The number of unbranched alkanes of at least 4 members (excludes halogenated alkanes) is 2. The van der Waals surface area contributed by atoms with Crippen LogP contribution in [0, 0.1) is 0 Å². The molecule has 0 bridgehead atoms. The third-order valence-corrected chi connectivity index (χ3v) is 3.08. The standard InChI is InChI=1S/C10H18F3N/c1-3-4-5-8-14(2)9(6-7-9)10(11,12)13/h3-8H2,1-2H3. The average Bonchev–Trinajstić information content (AvgIpc) is 2.82. The van der Waals surface area contributed by atoms with E-state index in [0.29, 0.717) is 6.54 Å². The third-order valence-electron chi connectivity index (χ3n) is 3.08. The summed E-state index contributed by atoms with van der Waals surface area (Å²) in [5, 5.41) is 0. The molecule has 1 aliphatic carbocycles. The summed E-state index contributed by atoms with van der Waals surface area (Å²) in [7, 11) is 1.59. The zero-order valence-corrected chi connectivity index (χ0v) is 8.82. The maximum Gasteiger partial charge on any atom is 0.406 e. The number of hydrogen-bond acceptors (Lipinski definition) is 1. The van der Waals surface area contributed by atoms with Crippen molar-refractivity contribution in [3.05, 3.63) is 0 Å². The molecule has 0 aromatic carbocycles. The van der Waals surface area contributed by atoms with Crippen LogP contribution in [0.2, 0.25) is 0 Å². The van der Waals surface area contributed by atoms with Crippen molar-refractivity contribution in [1.82, 2.24) is 4.90 Å². The lowest BCUT2D eigenvalue weighted by Gasteiger charge is -2.29. The van der Waals surface area contributed by atoms with Crippen molar-refractivity contribution >= 4 is 0 Å². The highest BCUT2D eigenvalue weighted by atomic mass is 19.4. The second-order valence-corrected chi connectivity index (χ2v) is 4.16. The predicted molar refractivity (Wildman–Crippen MR) is 50.2 cm³/mol. The van der Waals surface area contributed by atoms with Crippen molar-refractivity contribution in [2.45, 2.75) is 50.7 Å². The SMILES string of the molecule is CCCCCN(C)C1(C(F)(F)F)CC1. The van der Waals surface area contributed by atoms with E-state index in [4.69, 9.17) is 0 Å². The number of nitrogens with zero attached hydrogens (tertiary/aromatic N) is 1. The lowest BCUT2D eigenvalue weighted by atomic mass is 10.2. The minimum Gasteiger partial charge on any atom is -0.293 e. The number of alkyl halides is 3. The lowest BCUT2D eigenvalue weighted by Crippen LogP contribution is -2.46. The molecule has 0 atom stereocenters. The first kappa shape index (κ1) is 11.8. The fraction of sp³-hybridized carbons (Fsp3) is 1.00. The Morgan fingerprint density at radius 1 is 1.21 bits per heavy atom. The molecule has 1 fully saturated rings. The number of halogens is 3. The van der Waals surface area contributed by atoms with E-state index in [1.54, 1.807) is 7.05 Å². The van der Waals surface area contributed by atoms with Crippen molar-refractivity contribution in [3.8, 4) is 0 Å². The molecular formula is C10H18F3N. The third kappa shape index (κ3) is 2.22. The lowest BCUT2D eigenvalue weighted by molar-refractivity contribution is -0.192.